The molecule has 1 aliphatic heterocycles. The quantitative estimate of drug-likeness (QED) is 0.565. The Morgan fingerprint density at radius 3 is 2.26 bits per heavy atom. The zero-order valence-electron chi connectivity index (χ0n) is 14.9. The first-order valence-electron chi connectivity index (χ1n) is 8.81. The van der Waals surface area contributed by atoms with Crippen LogP contribution in [0.1, 0.15) is 12.0 Å². The highest BCUT2D eigenvalue weighted by atomic mass is 35.5. The minimum absolute atomic E-state index is 0.0249. The van der Waals surface area contributed by atoms with Crippen LogP contribution in [-0.2, 0) is 4.79 Å². The third-order valence-electron chi connectivity index (χ3n) is 4.55. The van der Waals surface area contributed by atoms with Gasteiger partial charge in [0.1, 0.15) is 0 Å². The summed E-state index contributed by atoms with van der Waals surface area (Å²) < 4.78 is 0. The molecule has 4 rings (SSSR count). The molecule has 0 aliphatic carbocycles. The minimum atomic E-state index is -0.0249. The van der Waals surface area contributed by atoms with E-state index in [9.17, 15) is 4.79 Å². The van der Waals surface area contributed by atoms with Crippen LogP contribution in [0, 0.1) is 6.92 Å². The number of carbonyl (C=O) groups is 1. The summed E-state index contributed by atoms with van der Waals surface area (Å²) >= 11 is 7.92. The summed E-state index contributed by atoms with van der Waals surface area (Å²) in [6.07, 6.45) is 0.388. The first-order chi connectivity index (χ1) is 13.1. The van der Waals surface area contributed by atoms with E-state index in [1.165, 1.54) is 9.79 Å². The van der Waals surface area contributed by atoms with Gasteiger partial charge in [-0.3, -0.25) is 4.79 Å². The first-order valence-corrected chi connectivity index (χ1v) is 10.0. The number of para-hydroxylation sites is 2. The van der Waals surface area contributed by atoms with Gasteiger partial charge in [-0.15, -0.1) is 0 Å². The second-order valence-electron chi connectivity index (χ2n) is 6.45. The molecule has 5 heteroatoms. The summed E-state index contributed by atoms with van der Waals surface area (Å²) in [5.74, 6) is -0.0249. The van der Waals surface area contributed by atoms with Gasteiger partial charge in [0.15, 0.2) is 0 Å². The summed E-state index contributed by atoms with van der Waals surface area (Å²) in [5, 5.41) is 3.60. The van der Waals surface area contributed by atoms with Crippen molar-refractivity contribution in [3.63, 3.8) is 0 Å². The average molecular weight is 395 g/mol. The Hall–Kier alpha value is -2.43. The molecule has 1 N–H and O–H groups in total. The summed E-state index contributed by atoms with van der Waals surface area (Å²) in [6, 6.07) is 22.2. The Bertz CT molecular complexity index is 960. The van der Waals surface area contributed by atoms with E-state index in [1.54, 1.807) is 17.8 Å². The molecule has 0 aromatic heterocycles. The highest BCUT2D eigenvalue weighted by Gasteiger charge is 2.23. The van der Waals surface area contributed by atoms with Gasteiger partial charge in [0.25, 0.3) is 0 Å². The van der Waals surface area contributed by atoms with Gasteiger partial charge in [0.05, 0.1) is 11.4 Å². The van der Waals surface area contributed by atoms with Gasteiger partial charge in [-0.1, -0.05) is 53.7 Å². The SMILES string of the molecule is Cc1ccc(NC(=O)CCN2c3ccccc3Sc3ccccc32)cc1Cl. The minimum Gasteiger partial charge on any atom is -0.339 e. The van der Waals surface area contributed by atoms with E-state index in [0.29, 0.717) is 18.0 Å². The van der Waals surface area contributed by atoms with E-state index in [0.717, 1.165) is 22.6 Å². The second-order valence-corrected chi connectivity index (χ2v) is 7.94. The Balaban J connectivity index is 1.51. The lowest BCUT2D eigenvalue weighted by Gasteiger charge is -2.32. The van der Waals surface area contributed by atoms with Crippen molar-refractivity contribution in [2.24, 2.45) is 0 Å². The van der Waals surface area contributed by atoms with Crippen LogP contribution in [0.25, 0.3) is 0 Å². The van der Waals surface area contributed by atoms with Crippen LogP contribution in [0.5, 0.6) is 0 Å². The Morgan fingerprint density at radius 2 is 1.63 bits per heavy atom. The molecule has 3 aromatic rings. The van der Waals surface area contributed by atoms with Crippen LogP contribution >= 0.6 is 23.4 Å². The number of hydrogen-bond donors (Lipinski definition) is 1. The van der Waals surface area contributed by atoms with Gasteiger partial charge < -0.3 is 10.2 Å². The van der Waals surface area contributed by atoms with Gasteiger partial charge in [-0.05, 0) is 48.9 Å². The van der Waals surface area contributed by atoms with Gasteiger partial charge in [-0.2, -0.15) is 0 Å². The number of nitrogens with one attached hydrogen (secondary N) is 1. The van der Waals surface area contributed by atoms with Crippen molar-refractivity contribution in [1.29, 1.82) is 0 Å². The molecule has 0 saturated heterocycles. The summed E-state index contributed by atoms with van der Waals surface area (Å²) in [5.41, 5.74) is 4.01. The van der Waals surface area contributed by atoms with Crippen LogP contribution in [0.4, 0.5) is 17.1 Å². The fraction of sp³-hybridized carbons (Fsp3) is 0.136. The molecule has 136 valence electrons. The monoisotopic (exact) mass is 394 g/mol. The molecule has 0 saturated carbocycles. The number of fused-ring (bicyclic) bond motifs is 2. The number of halogens is 1. The Kier molecular flexibility index (Phi) is 5.10. The summed E-state index contributed by atoms with van der Waals surface area (Å²) in [7, 11) is 0. The zero-order valence-corrected chi connectivity index (χ0v) is 16.5. The topological polar surface area (TPSA) is 32.3 Å². The predicted octanol–water partition coefficient (Wildman–Crippen LogP) is 6.28. The highest BCUT2D eigenvalue weighted by molar-refractivity contribution is 7.99. The lowest BCUT2D eigenvalue weighted by Crippen LogP contribution is -2.25. The Morgan fingerprint density at radius 1 is 1.00 bits per heavy atom. The van der Waals surface area contributed by atoms with Crippen LogP contribution in [0.3, 0.4) is 0 Å². The molecule has 3 nitrogen and oxygen atoms in total. The molecule has 0 radical (unpaired) electrons. The molecule has 1 heterocycles. The molecule has 0 spiro atoms. The third kappa shape index (κ3) is 3.82. The van der Waals surface area contributed by atoms with Crippen molar-refractivity contribution in [1.82, 2.24) is 0 Å². The molecule has 0 bridgehead atoms. The summed E-state index contributed by atoms with van der Waals surface area (Å²) in [6.45, 7) is 2.55. The van der Waals surface area contributed by atoms with Crippen molar-refractivity contribution in [3.8, 4) is 0 Å². The van der Waals surface area contributed by atoms with Crippen LogP contribution in [0.15, 0.2) is 76.5 Å². The maximum absolute atomic E-state index is 12.5. The number of amides is 1. The standard InChI is InChI=1S/C22H19ClN2OS/c1-15-10-11-16(14-17(15)23)24-22(26)12-13-25-18-6-2-4-8-20(18)27-21-9-5-3-7-19(21)25/h2-11,14H,12-13H2,1H3,(H,24,26). The van der Waals surface area contributed by atoms with Gasteiger partial charge in [0.2, 0.25) is 5.91 Å². The molecule has 0 fully saturated rings. The first kappa shape index (κ1) is 18.0. The maximum atomic E-state index is 12.5. The molecular weight excluding hydrogens is 376 g/mol. The lowest BCUT2D eigenvalue weighted by atomic mass is 10.2. The van der Waals surface area contributed by atoms with Crippen LogP contribution < -0.4 is 10.2 Å². The molecule has 1 aliphatic rings. The number of hydrogen-bond acceptors (Lipinski definition) is 3. The van der Waals surface area contributed by atoms with Crippen molar-refractivity contribution in [3.05, 3.63) is 77.3 Å². The Labute approximate surface area is 168 Å². The van der Waals surface area contributed by atoms with E-state index in [1.807, 2.05) is 43.3 Å². The largest absolute Gasteiger partial charge is 0.339 e. The second kappa shape index (κ2) is 7.67. The van der Waals surface area contributed by atoms with E-state index in [2.05, 4.69) is 34.5 Å². The summed E-state index contributed by atoms with van der Waals surface area (Å²) in [4.78, 5) is 17.1. The zero-order chi connectivity index (χ0) is 18.8. The van der Waals surface area contributed by atoms with Crippen molar-refractivity contribution in [2.45, 2.75) is 23.1 Å². The van der Waals surface area contributed by atoms with Crippen molar-refractivity contribution >= 4 is 46.3 Å². The van der Waals surface area contributed by atoms with Crippen LogP contribution in [-0.4, -0.2) is 12.5 Å². The molecular formula is C22H19ClN2OS. The molecule has 0 atom stereocenters. The maximum Gasteiger partial charge on any atom is 0.226 e. The predicted molar refractivity (Wildman–Crippen MR) is 113 cm³/mol. The number of rotatable bonds is 4. The number of carbonyl (C=O) groups excluding carboxylic acids is 1. The van der Waals surface area contributed by atoms with Crippen molar-refractivity contribution in [2.75, 3.05) is 16.8 Å². The van der Waals surface area contributed by atoms with Gasteiger partial charge in [0, 0.05) is 33.5 Å². The normalized spacial score (nSPS) is 12.3. The number of benzene rings is 3. The van der Waals surface area contributed by atoms with E-state index in [-0.39, 0.29) is 5.91 Å². The van der Waals surface area contributed by atoms with Gasteiger partial charge in [-0.25, -0.2) is 0 Å². The fourth-order valence-electron chi connectivity index (χ4n) is 3.13. The van der Waals surface area contributed by atoms with E-state index >= 15 is 0 Å². The molecule has 1 amide bonds. The van der Waals surface area contributed by atoms with E-state index < -0.39 is 0 Å². The lowest BCUT2D eigenvalue weighted by molar-refractivity contribution is -0.116. The van der Waals surface area contributed by atoms with E-state index in [4.69, 9.17) is 11.6 Å². The van der Waals surface area contributed by atoms with Crippen molar-refractivity contribution < 1.29 is 4.79 Å². The van der Waals surface area contributed by atoms with Crippen LogP contribution in [0.2, 0.25) is 5.02 Å². The molecule has 0 unspecified atom stereocenters. The number of nitrogens with zero attached hydrogens (tertiary/aromatic N) is 1. The fourth-order valence-corrected chi connectivity index (χ4v) is 4.41. The highest BCUT2D eigenvalue weighted by Crippen LogP contribution is 2.47. The molecule has 3 aromatic carbocycles. The molecule has 27 heavy (non-hydrogen) atoms. The third-order valence-corrected chi connectivity index (χ3v) is 6.09. The smallest absolute Gasteiger partial charge is 0.226 e. The van der Waals surface area contributed by atoms with Gasteiger partial charge >= 0.3 is 0 Å². The number of aryl methyl sites for hydroxylation is 1. The average Bonchev–Trinajstić information content (AvgIpc) is 2.68. The number of anilines is 3.